The molecule has 1 aromatic heterocycles. The molecule has 2 aromatic rings. The van der Waals surface area contributed by atoms with Gasteiger partial charge in [0.1, 0.15) is 11.8 Å². The van der Waals surface area contributed by atoms with Gasteiger partial charge in [-0.25, -0.2) is 4.99 Å². The van der Waals surface area contributed by atoms with Crippen molar-refractivity contribution in [2.75, 3.05) is 0 Å². The molecule has 1 atom stereocenters. The minimum atomic E-state index is -1.15. The number of aromatic nitrogens is 1. The molecule has 0 saturated carbocycles. The first-order valence-corrected chi connectivity index (χ1v) is 8.06. The average molecular weight is 365 g/mol. The minimum absolute atomic E-state index is 0.0165. The quantitative estimate of drug-likeness (QED) is 0.459. The van der Waals surface area contributed by atoms with E-state index in [0.717, 1.165) is 6.20 Å². The molecule has 0 aliphatic carbocycles. The highest BCUT2D eigenvalue weighted by molar-refractivity contribution is 6.45. The number of carbonyl (C=O) groups is 3. The zero-order valence-electron chi connectivity index (χ0n) is 14.4. The molecule has 27 heavy (non-hydrogen) atoms. The maximum atomic E-state index is 12.6. The van der Waals surface area contributed by atoms with Crippen LogP contribution in [0.1, 0.15) is 5.56 Å². The standard InChI is InChI=1S/C19H19N5O3/c20-9-8-15(23-14-6-2-1-3-7-14)19(27)24-16(17(25)18(21)26)11-13-5-4-10-22-12-13/h1-10,12,16H,11,20H2,(H2,21,26)(H,24,27)/b9-8-,23-15?. The number of primary amides is 1. The molecule has 0 fully saturated rings. The number of nitrogens with two attached hydrogens (primary N) is 2. The molecular weight excluding hydrogens is 346 g/mol. The summed E-state index contributed by atoms with van der Waals surface area (Å²) in [4.78, 5) is 44.2. The van der Waals surface area contributed by atoms with Crippen molar-refractivity contribution in [3.05, 3.63) is 72.7 Å². The van der Waals surface area contributed by atoms with Crippen molar-refractivity contribution in [3.63, 3.8) is 0 Å². The van der Waals surface area contributed by atoms with Gasteiger partial charge in [0.2, 0.25) is 5.78 Å². The lowest BCUT2D eigenvalue weighted by atomic mass is 10.0. The van der Waals surface area contributed by atoms with Crippen LogP contribution in [0.3, 0.4) is 0 Å². The van der Waals surface area contributed by atoms with Gasteiger partial charge >= 0.3 is 0 Å². The third-order valence-electron chi connectivity index (χ3n) is 3.52. The van der Waals surface area contributed by atoms with E-state index in [1.807, 2.05) is 6.07 Å². The summed E-state index contributed by atoms with van der Waals surface area (Å²) in [6.07, 6.45) is 5.63. The maximum Gasteiger partial charge on any atom is 0.287 e. The number of aliphatic imine (C=N–C) groups is 1. The normalized spacial score (nSPS) is 12.5. The highest BCUT2D eigenvalue weighted by Crippen LogP contribution is 2.11. The van der Waals surface area contributed by atoms with Crippen LogP contribution in [0.4, 0.5) is 5.69 Å². The molecule has 8 heteroatoms. The molecule has 1 aromatic carbocycles. The Morgan fingerprint density at radius 2 is 1.89 bits per heavy atom. The van der Waals surface area contributed by atoms with Gasteiger partial charge in [0.15, 0.2) is 0 Å². The van der Waals surface area contributed by atoms with Crippen molar-refractivity contribution in [2.45, 2.75) is 12.5 Å². The fraction of sp³-hybridized carbons (Fsp3) is 0.105. The molecule has 8 nitrogen and oxygen atoms in total. The summed E-state index contributed by atoms with van der Waals surface area (Å²) < 4.78 is 0. The van der Waals surface area contributed by atoms with E-state index in [4.69, 9.17) is 11.5 Å². The summed E-state index contributed by atoms with van der Waals surface area (Å²) in [5.74, 6) is -2.72. The number of hydrogen-bond acceptors (Lipinski definition) is 6. The molecule has 0 aliphatic heterocycles. The number of benzene rings is 1. The van der Waals surface area contributed by atoms with Crippen LogP contribution in [0.5, 0.6) is 0 Å². The van der Waals surface area contributed by atoms with Crippen LogP contribution in [0.25, 0.3) is 0 Å². The topological polar surface area (TPSA) is 141 Å². The van der Waals surface area contributed by atoms with Crippen molar-refractivity contribution < 1.29 is 14.4 Å². The summed E-state index contributed by atoms with van der Waals surface area (Å²) in [5, 5.41) is 2.50. The maximum absolute atomic E-state index is 12.6. The molecule has 2 amide bonds. The Labute approximate surface area is 156 Å². The van der Waals surface area contributed by atoms with Crippen LogP contribution < -0.4 is 16.8 Å². The molecule has 138 valence electrons. The van der Waals surface area contributed by atoms with Crippen molar-refractivity contribution >= 4 is 29.0 Å². The van der Waals surface area contributed by atoms with Gasteiger partial charge < -0.3 is 16.8 Å². The Morgan fingerprint density at radius 1 is 1.15 bits per heavy atom. The molecule has 0 bridgehead atoms. The number of rotatable bonds is 8. The first kappa shape index (κ1) is 19.5. The number of Topliss-reactive ketones (excluding diaryl/α,β-unsaturated/α-hetero) is 1. The first-order chi connectivity index (χ1) is 13.0. The lowest BCUT2D eigenvalue weighted by Crippen LogP contribution is -2.49. The Morgan fingerprint density at radius 3 is 2.48 bits per heavy atom. The van der Waals surface area contributed by atoms with Gasteiger partial charge in [-0.3, -0.25) is 19.4 Å². The minimum Gasteiger partial charge on any atom is -0.405 e. The molecule has 2 rings (SSSR count). The molecule has 0 spiro atoms. The summed E-state index contributed by atoms with van der Waals surface area (Å²) in [7, 11) is 0. The number of pyridine rings is 1. The Balaban J connectivity index is 2.25. The van der Waals surface area contributed by atoms with Crippen LogP contribution in [-0.4, -0.2) is 34.3 Å². The summed E-state index contributed by atoms with van der Waals surface area (Å²) >= 11 is 0. The third kappa shape index (κ3) is 5.89. The van der Waals surface area contributed by atoms with Crippen molar-refractivity contribution in [2.24, 2.45) is 16.5 Å². The van der Waals surface area contributed by atoms with E-state index >= 15 is 0 Å². The fourth-order valence-corrected chi connectivity index (χ4v) is 2.26. The number of nitrogens with zero attached hydrogens (tertiary/aromatic N) is 2. The monoisotopic (exact) mass is 365 g/mol. The number of para-hydroxylation sites is 1. The Hall–Kier alpha value is -3.81. The summed E-state index contributed by atoms with van der Waals surface area (Å²) in [6, 6.07) is 11.0. The smallest absolute Gasteiger partial charge is 0.287 e. The third-order valence-corrected chi connectivity index (χ3v) is 3.52. The highest BCUT2D eigenvalue weighted by atomic mass is 16.2. The van der Waals surface area contributed by atoms with Gasteiger partial charge in [-0.15, -0.1) is 0 Å². The first-order valence-electron chi connectivity index (χ1n) is 8.06. The predicted octanol–water partition coefficient (Wildman–Crippen LogP) is 0.408. The molecule has 0 aliphatic rings. The van der Waals surface area contributed by atoms with Gasteiger partial charge in [0.25, 0.3) is 11.8 Å². The molecule has 5 N–H and O–H groups in total. The average Bonchev–Trinajstić information content (AvgIpc) is 2.68. The van der Waals surface area contributed by atoms with Gasteiger partial charge in [-0.05, 0) is 36.0 Å². The van der Waals surface area contributed by atoms with Crippen LogP contribution in [0.2, 0.25) is 0 Å². The molecule has 1 heterocycles. The van der Waals surface area contributed by atoms with E-state index in [1.54, 1.807) is 42.6 Å². The Kier molecular flexibility index (Phi) is 6.95. The Bertz CT molecular complexity index is 863. The van der Waals surface area contributed by atoms with Gasteiger partial charge in [-0.2, -0.15) is 0 Å². The van der Waals surface area contributed by atoms with Crippen molar-refractivity contribution in [1.82, 2.24) is 10.3 Å². The van der Waals surface area contributed by atoms with E-state index < -0.39 is 23.6 Å². The number of carbonyl (C=O) groups excluding carboxylic acids is 3. The SMILES string of the molecule is N/C=C\C(=Nc1ccccc1)C(=O)NC(Cc1cccnc1)C(=O)C(N)=O. The van der Waals surface area contributed by atoms with Crippen LogP contribution in [0.15, 0.2) is 72.1 Å². The second-order valence-corrected chi connectivity index (χ2v) is 5.51. The lowest BCUT2D eigenvalue weighted by molar-refractivity contribution is -0.137. The summed E-state index contributed by atoms with van der Waals surface area (Å²) in [6.45, 7) is 0. The molecule has 0 saturated heterocycles. The van der Waals surface area contributed by atoms with Gasteiger partial charge in [0, 0.05) is 18.8 Å². The number of nitrogens with one attached hydrogen (secondary N) is 1. The van der Waals surface area contributed by atoms with Crippen LogP contribution in [-0.2, 0) is 20.8 Å². The predicted molar refractivity (Wildman–Crippen MR) is 101 cm³/mol. The van der Waals surface area contributed by atoms with E-state index in [2.05, 4.69) is 15.3 Å². The molecule has 0 radical (unpaired) electrons. The largest absolute Gasteiger partial charge is 0.405 e. The number of hydrogen-bond donors (Lipinski definition) is 3. The van der Waals surface area contributed by atoms with E-state index in [-0.39, 0.29) is 12.1 Å². The van der Waals surface area contributed by atoms with E-state index in [1.165, 1.54) is 12.3 Å². The van der Waals surface area contributed by atoms with Crippen LogP contribution in [0, 0.1) is 0 Å². The fourth-order valence-electron chi connectivity index (χ4n) is 2.26. The number of amides is 2. The van der Waals surface area contributed by atoms with Gasteiger partial charge in [0.05, 0.1) is 5.69 Å². The second-order valence-electron chi connectivity index (χ2n) is 5.51. The van der Waals surface area contributed by atoms with Crippen molar-refractivity contribution in [3.8, 4) is 0 Å². The number of ketones is 1. The zero-order valence-corrected chi connectivity index (χ0v) is 14.4. The zero-order chi connectivity index (χ0) is 19.6. The molecule has 1 unspecified atom stereocenters. The van der Waals surface area contributed by atoms with E-state index in [9.17, 15) is 14.4 Å². The van der Waals surface area contributed by atoms with E-state index in [0.29, 0.717) is 11.3 Å². The van der Waals surface area contributed by atoms with Crippen LogP contribution >= 0.6 is 0 Å². The summed E-state index contributed by atoms with van der Waals surface area (Å²) in [5.41, 5.74) is 11.7. The van der Waals surface area contributed by atoms with Crippen molar-refractivity contribution in [1.29, 1.82) is 0 Å². The van der Waals surface area contributed by atoms with Gasteiger partial charge in [-0.1, -0.05) is 24.3 Å². The molecular formula is C19H19N5O3. The highest BCUT2D eigenvalue weighted by Gasteiger charge is 2.26. The lowest BCUT2D eigenvalue weighted by Gasteiger charge is -2.16. The second kappa shape index (κ2) is 9.62.